The number of benzene rings is 2. The monoisotopic (exact) mass is 396 g/mol. The molecule has 30 heavy (non-hydrogen) atoms. The zero-order valence-electron chi connectivity index (χ0n) is 17.5. The summed E-state index contributed by atoms with van der Waals surface area (Å²) in [6.45, 7) is 5.63. The van der Waals surface area contributed by atoms with Gasteiger partial charge < -0.3 is 10.6 Å². The molecule has 1 fully saturated rings. The van der Waals surface area contributed by atoms with Crippen molar-refractivity contribution in [3.05, 3.63) is 89.3 Å². The summed E-state index contributed by atoms with van der Waals surface area (Å²) < 4.78 is 0. The zero-order chi connectivity index (χ0) is 20.5. The Morgan fingerprint density at radius 2 is 1.70 bits per heavy atom. The Labute approximate surface area is 178 Å². The number of hydrogen-bond donors (Lipinski definition) is 1. The maximum absolute atomic E-state index is 6.01. The number of hydrogen-bond acceptors (Lipinski definition) is 4. The predicted molar refractivity (Wildman–Crippen MR) is 124 cm³/mol. The van der Waals surface area contributed by atoms with Gasteiger partial charge in [0.05, 0.1) is 5.69 Å². The van der Waals surface area contributed by atoms with Crippen molar-refractivity contribution >= 4 is 11.3 Å². The molecule has 1 saturated heterocycles. The van der Waals surface area contributed by atoms with Crippen molar-refractivity contribution in [1.29, 1.82) is 0 Å². The molecule has 0 radical (unpaired) electrons. The van der Waals surface area contributed by atoms with E-state index in [1.54, 1.807) is 0 Å². The van der Waals surface area contributed by atoms with Crippen LogP contribution in [0.1, 0.15) is 22.4 Å². The van der Waals surface area contributed by atoms with E-state index in [1.165, 1.54) is 22.3 Å². The van der Waals surface area contributed by atoms with Crippen molar-refractivity contribution in [2.75, 3.05) is 39.0 Å². The van der Waals surface area contributed by atoms with Gasteiger partial charge in [-0.15, -0.1) is 0 Å². The molecule has 2 aromatic carbocycles. The molecule has 3 aromatic rings. The van der Waals surface area contributed by atoms with Gasteiger partial charge in [-0.25, -0.2) is 0 Å². The normalized spacial score (nSPS) is 17.0. The van der Waals surface area contributed by atoms with Crippen LogP contribution in [-0.4, -0.2) is 48.0 Å². The quantitative estimate of drug-likeness (QED) is 0.676. The highest BCUT2D eigenvalue weighted by Crippen LogP contribution is 2.35. The maximum atomic E-state index is 6.01. The van der Waals surface area contributed by atoms with Crippen LogP contribution in [0.15, 0.2) is 66.9 Å². The highest BCUT2D eigenvalue weighted by molar-refractivity contribution is 5.86. The molecular weight excluding hydrogens is 368 g/mol. The third-order valence-corrected chi connectivity index (χ3v) is 6.25. The highest BCUT2D eigenvalue weighted by Gasteiger charge is 2.18. The minimum atomic E-state index is 0.793. The molecule has 2 aliphatic rings. The summed E-state index contributed by atoms with van der Waals surface area (Å²) >= 11 is 0. The van der Waals surface area contributed by atoms with Gasteiger partial charge in [0.15, 0.2) is 0 Å². The molecule has 0 amide bonds. The smallest absolute Gasteiger partial charge is 0.0520 e. The van der Waals surface area contributed by atoms with Gasteiger partial charge in [0.25, 0.3) is 0 Å². The maximum Gasteiger partial charge on any atom is 0.0520 e. The number of nitrogens with two attached hydrogens (primary N) is 1. The number of rotatable bonds is 4. The third-order valence-electron chi connectivity index (χ3n) is 6.25. The van der Waals surface area contributed by atoms with Gasteiger partial charge in [-0.3, -0.25) is 9.88 Å². The van der Waals surface area contributed by atoms with E-state index in [2.05, 4.69) is 59.3 Å². The van der Waals surface area contributed by atoms with E-state index >= 15 is 0 Å². The van der Waals surface area contributed by atoms with Crippen LogP contribution in [-0.2, 0) is 13.0 Å². The number of allylic oxidation sites excluding steroid dienone is 1. The molecule has 5 rings (SSSR count). The number of fused-ring (bicyclic) bond motifs is 1. The van der Waals surface area contributed by atoms with E-state index in [-0.39, 0.29) is 0 Å². The lowest BCUT2D eigenvalue weighted by atomic mass is 9.97. The third kappa shape index (κ3) is 3.89. The first-order chi connectivity index (χ1) is 14.7. The highest BCUT2D eigenvalue weighted by atomic mass is 15.2. The second-order valence-electron chi connectivity index (χ2n) is 8.44. The summed E-state index contributed by atoms with van der Waals surface area (Å²) in [6.07, 6.45) is 5.14. The number of nitrogen functional groups attached to an aromatic ring is 1. The molecule has 1 aromatic heterocycles. The van der Waals surface area contributed by atoms with E-state index in [0.717, 1.165) is 61.7 Å². The lowest BCUT2D eigenvalue weighted by molar-refractivity contribution is 0.148. The SMILES string of the molecule is CN1CCN(Cc2ccc(-c3cnc4c(c3)C(c3cccc(N)c3)=CC4)cc2)CC1. The number of nitrogens with zero attached hydrogens (tertiary/aromatic N) is 3. The van der Waals surface area contributed by atoms with Gasteiger partial charge in [-0.05, 0) is 47.5 Å². The molecular formula is C26H28N4. The Bertz CT molecular complexity index is 1080. The number of aromatic nitrogens is 1. The fourth-order valence-corrected chi connectivity index (χ4v) is 4.40. The van der Waals surface area contributed by atoms with Gasteiger partial charge >= 0.3 is 0 Å². The van der Waals surface area contributed by atoms with E-state index in [0.29, 0.717) is 0 Å². The van der Waals surface area contributed by atoms with Gasteiger partial charge in [-0.1, -0.05) is 42.5 Å². The molecule has 4 heteroatoms. The molecule has 0 bridgehead atoms. The molecule has 1 aliphatic carbocycles. The van der Waals surface area contributed by atoms with Crippen molar-refractivity contribution in [1.82, 2.24) is 14.8 Å². The van der Waals surface area contributed by atoms with Crippen LogP contribution in [0.5, 0.6) is 0 Å². The standard InChI is InChI=1S/C26H28N4/c1-29-11-13-30(14-12-29)18-19-5-7-20(8-6-19)22-16-25-24(9-10-26(25)28-17-22)21-3-2-4-23(27)15-21/h2-9,15-17H,10-14,18,27H2,1H3. The molecule has 2 heterocycles. The van der Waals surface area contributed by atoms with Gasteiger partial charge in [0.1, 0.15) is 0 Å². The minimum Gasteiger partial charge on any atom is -0.399 e. The minimum absolute atomic E-state index is 0.793. The lowest BCUT2D eigenvalue weighted by Crippen LogP contribution is -2.43. The molecule has 0 saturated carbocycles. The Hall–Kier alpha value is -2.95. The zero-order valence-corrected chi connectivity index (χ0v) is 17.5. The first-order valence-electron chi connectivity index (χ1n) is 10.7. The van der Waals surface area contributed by atoms with Crippen LogP contribution in [0, 0.1) is 0 Å². The molecule has 0 unspecified atom stereocenters. The number of anilines is 1. The fraction of sp³-hybridized carbons (Fsp3) is 0.269. The second-order valence-corrected chi connectivity index (χ2v) is 8.44. The van der Waals surface area contributed by atoms with E-state index < -0.39 is 0 Å². The summed E-state index contributed by atoms with van der Waals surface area (Å²) in [6, 6.07) is 19.4. The van der Waals surface area contributed by atoms with E-state index in [1.807, 2.05) is 24.4 Å². The molecule has 2 N–H and O–H groups in total. The first kappa shape index (κ1) is 19.0. The molecule has 152 valence electrons. The van der Waals surface area contributed by atoms with Crippen molar-refractivity contribution in [2.24, 2.45) is 0 Å². The largest absolute Gasteiger partial charge is 0.399 e. The van der Waals surface area contributed by atoms with Crippen molar-refractivity contribution < 1.29 is 0 Å². The Morgan fingerprint density at radius 3 is 2.47 bits per heavy atom. The fourth-order valence-electron chi connectivity index (χ4n) is 4.40. The number of piperazine rings is 1. The summed E-state index contributed by atoms with van der Waals surface area (Å²) in [5.74, 6) is 0. The summed E-state index contributed by atoms with van der Waals surface area (Å²) in [5, 5.41) is 0. The van der Waals surface area contributed by atoms with Crippen LogP contribution in [0.2, 0.25) is 0 Å². The van der Waals surface area contributed by atoms with Crippen LogP contribution in [0.25, 0.3) is 16.7 Å². The average molecular weight is 397 g/mol. The lowest BCUT2D eigenvalue weighted by Gasteiger charge is -2.32. The topological polar surface area (TPSA) is 45.4 Å². The van der Waals surface area contributed by atoms with Gasteiger partial charge in [0.2, 0.25) is 0 Å². The average Bonchev–Trinajstić information content (AvgIpc) is 3.19. The van der Waals surface area contributed by atoms with E-state index in [4.69, 9.17) is 10.7 Å². The Balaban J connectivity index is 1.36. The first-order valence-corrected chi connectivity index (χ1v) is 10.7. The van der Waals surface area contributed by atoms with Crippen LogP contribution >= 0.6 is 0 Å². The van der Waals surface area contributed by atoms with Crippen LogP contribution in [0.4, 0.5) is 5.69 Å². The summed E-state index contributed by atoms with van der Waals surface area (Å²) in [4.78, 5) is 9.69. The van der Waals surface area contributed by atoms with Crippen molar-refractivity contribution in [3.63, 3.8) is 0 Å². The number of likely N-dealkylation sites (N-methyl/N-ethyl adjacent to an activating group) is 1. The molecule has 4 nitrogen and oxygen atoms in total. The molecule has 0 atom stereocenters. The van der Waals surface area contributed by atoms with Crippen molar-refractivity contribution in [3.8, 4) is 11.1 Å². The van der Waals surface area contributed by atoms with Gasteiger partial charge in [0, 0.05) is 62.2 Å². The van der Waals surface area contributed by atoms with Gasteiger partial charge in [-0.2, -0.15) is 0 Å². The Morgan fingerprint density at radius 1 is 0.900 bits per heavy atom. The molecule has 1 aliphatic heterocycles. The summed E-state index contributed by atoms with van der Waals surface area (Å²) in [7, 11) is 2.20. The molecule has 0 spiro atoms. The van der Waals surface area contributed by atoms with E-state index in [9.17, 15) is 0 Å². The number of pyridine rings is 1. The Kier molecular flexibility index (Phi) is 5.11. The predicted octanol–water partition coefficient (Wildman–Crippen LogP) is 4.07. The second kappa shape index (κ2) is 8.05. The summed E-state index contributed by atoms with van der Waals surface area (Å²) in [5.41, 5.74) is 15.3. The van der Waals surface area contributed by atoms with Crippen LogP contribution in [0.3, 0.4) is 0 Å². The van der Waals surface area contributed by atoms with Crippen LogP contribution < -0.4 is 5.73 Å². The van der Waals surface area contributed by atoms with Crippen molar-refractivity contribution in [2.45, 2.75) is 13.0 Å².